The Morgan fingerprint density at radius 2 is 2.24 bits per heavy atom. The maximum Gasteiger partial charge on any atom is 0.226 e. The van der Waals surface area contributed by atoms with E-state index in [1.165, 1.54) is 6.42 Å². The number of nitro groups is 1. The van der Waals surface area contributed by atoms with Crippen LogP contribution in [0.4, 0.5) is 0 Å². The number of aromatic amines is 1. The number of fused-ring (bicyclic) bond motifs is 1. The molecule has 2 aliphatic carbocycles. The fraction of sp³-hybridized carbons (Fsp3) is 0.583. The van der Waals surface area contributed by atoms with Gasteiger partial charge in [0.2, 0.25) is 5.54 Å². The summed E-state index contributed by atoms with van der Waals surface area (Å²) in [5.41, 5.74) is 0.572. The summed E-state index contributed by atoms with van der Waals surface area (Å²) in [7, 11) is 0. The summed E-state index contributed by atoms with van der Waals surface area (Å²) >= 11 is 0. The molecular formula is C12H14N2O3. The average Bonchev–Trinajstić information content (AvgIpc) is 2.76. The molecule has 0 aromatic carbocycles. The lowest BCUT2D eigenvalue weighted by atomic mass is 9.87. The van der Waals surface area contributed by atoms with E-state index in [9.17, 15) is 14.9 Å². The predicted molar refractivity (Wildman–Crippen MR) is 60.4 cm³/mol. The first-order valence-corrected chi connectivity index (χ1v) is 5.90. The highest BCUT2D eigenvalue weighted by molar-refractivity contribution is 5.72. The molecule has 1 aromatic rings. The van der Waals surface area contributed by atoms with Crippen LogP contribution in [-0.2, 0) is 6.42 Å². The number of nitrogens with zero attached hydrogens (tertiary/aromatic N) is 1. The summed E-state index contributed by atoms with van der Waals surface area (Å²) in [6.07, 6.45) is 5.45. The van der Waals surface area contributed by atoms with Gasteiger partial charge in [-0.05, 0) is 29.9 Å². The Kier molecular flexibility index (Phi) is 2.11. The molecule has 2 aliphatic rings. The van der Waals surface area contributed by atoms with Crippen molar-refractivity contribution in [2.75, 3.05) is 0 Å². The van der Waals surface area contributed by atoms with Crippen LogP contribution >= 0.6 is 0 Å². The highest BCUT2D eigenvalue weighted by Gasteiger charge is 2.60. The van der Waals surface area contributed by atoms with Gasteiger partial charge in [-0.2, -0.15) is 0 Å². The fourth-order valence-corrected chi connectivity index (χ4v) is 3.24. The molecule has 0 aliphatic heterocycles. The molecule has 1 aromatic heterocycles. The van der Waals surface area contributed by atoms with Gasteiger partial charge in [-0.1, -0.05) is 0 Å². The van der Waals surface area contributed by atoms with Gasteiger partial charge in [-0.3, -0.25) is 14.9 Å². The van der Waals surface area contributed by atoms with Crippen molar-refractivity contribution in [3.05, 3.63) is 33.6 Å². The van der Waals surface area contributed by atoms with E-state index in [0.717, 1.165) is 11.8 Å². The smallest absolute Gasteiger partial charge is 0.226 e. The minimum atomic E-state index is -0.782. The van der Waals surface area contributed by atoms with E-state index in [1.807, 2.05) is 0 Å². The molecule has 2 fully saturated rings. The molecule has 1 unspecified atom stereocenters. The molecule has 0 amide bonds. The van der Waals surface area contributed by atoms with Crippen LogP contribution in [-0.4, -0.2) is 21.7 Å². The monoisotopic (exact) mass is 234 g/mol. The molecule has 90 valence electrons. The Morgan fingerprint density at radius 3 is 2.76 bits per heavy atom. The van der Waals surface area contributed by atoms with Crippen LogP contribution in [0, 0.1) is 22.0 Å². The first-order chi connectivity index (χ1) is 8.13. The molecule has 3 rings (SSSR count). The van der Waals surface area contributed by atoms with Crippen molar-refractivity contribution >= 4 is 6.29 Å². The fourth-order valence-electron chi connectivity index (χ4n) is 3.24. The minimum Gasteiger partial charge on any atom is -0.359 e. The zero-order chi connectivity index (χ0) is 12.0. The third-order valence-electron chi connectivity index (χ3n) is 4.17. The van der Waals surface area contributed by atoms with Crippen LogP contribution in [0.5, 0.6) is 0 Å². The number of hydrogen-bond donors (Lipinski definition) is 1. The molecular weight excluding hydrogens is 220 g/mol. The van der Waals surface area contributed by atoms with Crippen molar-refractivity contribution in [3.8, 4) is 0 Å². The van der Waals surface area contributed by atoms with E-state index in [4.69, 9.17) is 0 Å². The van der Waals surface area contributed by atoms with E-state index in [2.05, 4.69) is 4.98 Å². The quantitative estimate of drug-likeness (QED) is 0.490. The number of aldehydes is 1. The van der Waals surface area contributed by atoms with Crippen molar-refractivity contribution in [1.29, 1.82) is 0 Å². The number of carbonyl (C=O) groups excluding carboxylic acids is 1. The lowest BCUT2D eigenvalue weighted by Crippen LogP contribution is -2.39. The molecule has 5 heteroatoms. The van der Waals surface area contributed by atoms with E-state index >= 15 is 0 Å². The summed E-state index contributed by atoms with van der Waals surface area (Å²) in [4.78, 5) is 24.6. The van der Waals surface area contributed by atoms with Gasteiger partial charge in [-0.15, -0.1) is 0 Å². The molecule has 0 bridgehead atoms. The maximum atomic E-state index is 11.3. The molecule has 2 saturated carbocycles. The number of hydrogen-bond acceptors (Lipinski definition) is 3. The van der Waals surface area contributed by atoms with Gasteiger partial charge in [-0.25, -0.2) is 0 Å². The topological polar surface area (TPSA) is 76.0 Å². The summed E-state index contributed by atoms with van der Waals surface area (Å²) in [6, 6.07) is 1.71. The number of aromatic nitrogens is 1. The maximum absolute atomic E-state index is 11.3. The van der Waals surface area contributed by atoms with E-state index < -0.39 is 5.54 Å². The summed E-state index contributed by atoms with van der Waals surface area (Å²) in [5, 5.41) is 11.3. The Hall–Kier alpha value is -1.65. The highest BCUT2D eigenvalue weighted by Crippen LogP contribution is 2.57. The van der Waals surface area contributed by atoms with Gasteiger partial charge in [0, 0.05) is 30.4 Å². The Morgan fingerprint density at radius 1 is 1.53 bits per heavy atom. The SMILES string of the molecule is O=Cc1cc(CC2([N+](=O)[O-])C[C@H]3C[C@H]3C2)c[nH]1. The zero-order valence-electron chi connectivity index (χ0n) is 9.39. The third kappa shape index (κ3) is 1.66. The molecule has 3 atom stereocenters. The number of nitrogens with one attached hydrogen (secondary N) is 1. The first kappa shape index (κ1) is 10.5. The third-order valence-corrected chi connectivity index (χ3v) is 4.17. The van der Waals surface area contributed by atoms with Gasteiger partial charge in [0.1, 0.15) is 0 Å². The molecule has 1 N–H and O–H groups in total. The summed E-state index contributed by atoms with van der Waals surface area (Å²) < 4.78 is 0. The standard InChI is InChI=1S/C12H14N2O3/c15-7-11-1-8(6-13-11)3-12(14(16)17)4-9-2-10(9)5-12/h1,6-7,9-10,13H,2-5H2/t9-,10+,12?. The second-order valence-electron chi connectivity index (χ2n) is 5.40. The van der Waals surface area contributed by atoms with Crippen LogP contribution in [0.25, 0.3) is 0 Å². The number of carbonyl (C=O) groups is 1. The minimum absolute atomic E-state index is 0.104. The molecule has 17 heavy (non-hydrogen) atoms. The highest BCUT2D eigenvalue weighted by atomic mass is 16.6. The largest absolute Gasteiger partial charge is 0.359 e. The van der Waals surface area contributed by atoms with E-state index in [-0.39, 0.29) is 4.92 Å². The second-order valence-corrected chi connectivity index (χ2v) is 5.40. The second kappa shape index (κ2) is 3.42. The predicted octanol–water partition coefficient (Wildman–Crippen LogP) is 1.82. The van der Waals surface area contributed by atoms with Gasteiger partial charge in [0.15, 0.2) is 6.29 Å². The van der Waals surface area contributed by atoms with Gasteiger partial charge >= 0.3 is 0 Å². The van der Waals surface area contributed by atoms with Crippen molar-refractivity contribution in [2.24, 2.45) is 11.8 Å². The van der Waals surface area contributed by atoms with Crippen LogP contribution in [0.15, 0.2) is 12.3 Å². The summed E-state index contributed by atoms with van der Waals surface area (Å²) in [5.74, 6) is 1.15. The summed E-state index contributed by atoms with van der Waals surface area (Å²) in [6.45, 7) is 0. The lowest BCUT2D eigenvalue weighted by Gasteiger charge is -2.21. The van der Waals surface area contributed by atoms with Crippen molar-refractivity contribution in [3.63, 3.8) is 0 Å². The van der Waals surface area contributed by atoms with Gasteiger partial charge in [0.25, 0.3) is 0 Å². The van der Waals surface area contributed by atoms with Crippen LogP contribution in [0.1, 0.15) is 35.3 Å². The van der Waals surface area contributed by atoms with E-state index in [1.54, 1.807) is 12.3 Å². The first-order valence-electron chi connectivity index (χ1n) is 5.90. The lowest BCUT2D eigenvalue weighted by molar-refractivity contribution is -0.570. The van der Waals surface area contributed by atoms with Crippen LogP contribution in [0.3, 0.4) is 0 Å². The average molecular weight is 234 g/mol. The van der Waals surface area contributed by atoms with Crippen molar-refractivity contribution in [2.45, 2.75) is 31.2 Å². The molecule has 0 radical (unpaired) electrons. The Bertz CT molecular complexity index is 470. The zero-order valence-corrected chi connectivity index (χ0v) is 9.39. The Labute approximate surface area is 98.4 Å². The molecule has 1 heterocycles. The van der Waals surface area contributed by atoms with Crippen molar-refractivity contribution < 1.29 is 9.72 Å². The normalized spacial score (nSPS) is 34.4. The van der Waals surface area contributed by atoms with E-state index in [0.29, 0.717) is 36.8 Å². The van der Waals surface area contributed by atoms with Gasteiger partial charge < -0.3 is 4.98 Å². The molecule has 0 spiro atoms. The molecule has 5 nitrogen and oxygen atoms in total. The Balaban J connectivity index is 1.81. The number of rotatable bonds is 4. The van der Waals surface area contributed by atoms with Gasteiger partial charge in [0.05, 0.1) is 5.69 Å². The van der Waals surface area contributed by atoms with Crippen molar-refractivity contribution in [1.82, 2.24) is 4.98 Å². The molecule has 0 saturated heterocycles. The van der Waals surface area contributed by atoms with Crippen LogP contribution < -0.4 is 0 Å². The number of H-pyrrole nitrogens is 1. The van der Waals surface area contributed by atoms with Crippen LogP contribution in [0.2, 0.25) is 0 Å².